The molecule has 0 aliphatic rings. The van der Waals surface area contributed by atoms with Gasteiger partial charge >= 0.3 is 10.1 Å². The number of hydrogen-bond donors (Lipinski definition) is 1. The lowest BCUT2D eigenvalue weighted by atomic mass is 10.2. The van der Waals surface area contributed by atoms with Crippen LogP contribution in [0.15, 0.2) is 71.6 Å². The molecule has 3 aromatic carbocycles. The molecule has 152 valence electrons. The van der Waals surface area contributed by atoms with Gasteiger partial charge < -0.3 is 14.2 Å². The highest BCUT2D eigenvalue weighted by Gasteiger charge is 2.19. The number of hydrogen-bond acceptors (Lipinski definition) is 5. The molecule has 0 heterocycles. The van der Waals surface area contributed by atoms with E-state index in [1.807, 2.05) is 0 Å². The quantitative estimate of drug-likeness (QED) is 0.559. The van der Waals surface area contributed by atoms with Gasteiger partial charge in [0.05, 0.1) is 7.11 Å². The van der Waals surface area contributed by atoms with Crippen LogP contribution in [-0.4, -0.2) is 15.5 Å². The Morgan fingerprint density at radius 3 is 1.97 bits per heavy atom. The van der Waals surface area contributed by atoms with E-state index in [9.17, 15) is 17.2 Å². The minimum absolute atomic E-state index is 0.0258. The number of ether oxygens (including phenoxy) is 1. The van der Waals surface area contributed by atoms with Crippen molar-refractivity contribution in [1.29, 1.82) is 0 Å². The predicted octanol–water partition coefficient (Wildman–Crippen LogP) is 4.03. The van der Waals surface area contributed by atoms with Crippen LogP contribution in [0.3, 0.4) is 0 Å². The van der Waals surface area contributed by atoms with E-state index in [0.717, 1.165) is 35.4 Å². The predicted molar refractivity (Wildman–Crippen MR) is 104 cm³/mol. The van der Waals surface area contributed by atoms with Gasteiger partial charge in [-0.05, 0) is 59.7 Å². The molecule has 3 rings (SSSR count). The third kappa shape index (κ3) is 5.52. The van der Waals surface area contributed by atoms with E-state index in [-0.39, 0.29) is 22.2 Å². The minimum Gasteiger partial charge on any atom is -0.493 e. The van der Waals surface area contributed by atoms with Gasteiger partial charge in [-0.25, -0.2) is 8.78 Å². The number of halogens is 2. The van der Waals surface area contributed by atoms with Crippen molar-refractivity contribution in [2.45, 2.75) is 18.0 Å². The van der Waals surface area contributed by atoms with Crippen molar-refractivity contribution < 1.29 is 26.1 Å². The fraction of sp³-hybridized carbons (Fsp3) is 0.143. The lowest BCUT2D eigenvalue weighted by Crippen LogP contribution is -2.14. The first kappa shape index (κ1) is 20.8. The lowest BCUT2D eigenvalue weighted by molar-refractivity contribution is 0.390. The molecule has 0 saturated carbocycles. The lowest BCUT2D eigenvalue weighted by Gasteiger charge is -2.13. The molecule has 0 aliphatic heterocycles. The average molecular weight is 419 g/mol. The van der Waals surface area contributed by atoms with E-state index in [1.165, 1.54) is 19.2 Å². The van der Waals surface area contributed by atoms with E-state index in [0.29, 0.717) is 13.1 Å². The number of nitrogens with one attached hydrogen (secondary N) is 1. The molecule has 0 aromatic heterocycles. The maximum absolute atomic E-state index is 13.1. The van der Waals surface area contributed by atoms with E-state index >= 15 is 0 Å². The highest BCUT2D eigenvalue weighted by atomic mass is 32.2. The van der Waals surface area contributed by atoms with Crippen LogP contribution < -0.4 is 14.2 Å². The SMILES string of the molecule is COc1ccc(CNCc2ccc(F)cc2)cc1OS(=O)(=O)c1ccc(F)cc1. The molecule has 0 aliphatic carbocycles. The minimum atomic E-state index is -4.15. The second kappa shape index (κ2) is 9.02. The highest BCUT2D eigenvalue weighted by molar-refractivity contribution is 7.87. The summed E-state index contributed by atoms with van der Waals surface area (Å²) in [6.07, 6.45) is 0. The van der Waals surface area contributed by atoms with Crippen molar-refractivity contribution in [1.82, 2.24) is 5.32 Å². The van der Waals surface area contributed by atoms with Crippen molar-refractivity contribution in [2.24, 2.45) is 0 Å². The first-order chi connectivity index (χ1) is 13.9. The Hall–Kier alpha value is -2.97. The molecule has 0 atom stereocenters. The zero-order valence-corrected chi connectivity index (χ0v) is 16.4. The first-order valence-corrected chi connectivity index (χ1v) is 10.1. The Morgan fingerprint density at radius 1 is 0.793 bits per heavy atom. The van der Waals surface area contributed by atoms with Crippen LogP contribution in [0.2, 0.25) is 0 Å². The molecule has 0 radical (unpaired) electrons. The summed E-state index contributed by atoms with van der Waals surface area (Å²) in [6, 6.07) is 15.4. The molecule has 1 N–H and O–H groups in total. The smallest absolute Gasteiger partial charge is 0.339 e. The molecule has 0 unspecified atom stereocenters. The molecule has 0 bridgehead atoms. The molecular formula is C21H19F2NO4S. The van der Waals surface area contributed by atoms with Crippen LogP contribution in [0.25, 0.3) is 0 Å². The van der Waals surface area contributed by atoms with Crippen LogP contribution in [0, 0.1) is 11.6 Å². The molecule has 3 aromatic rings. The maximum atomic E-state index is 13.1. The topological polar surface area (TPSA) is 64.6 Å². The van der Waals surface area contributed by atoms with Gasteiger partial charge in [0.2, 0.25) is 0 Å². The van der Waals surface area contributed by atoms with Crippen molar-refractivity contribution >= 4 is 10.1 Å². The summed E-state index contributed by atoms with van der Waals surface area (Å²) in [7, 11) is -2.75. The van der Waals surface area contributed by atoms with Crippen molar-refractivity contribution in [2.75, 3.05) is 7.11 Å². The Labute approximate surface area is 168 Å². The molecule has 0 spiro atoms. The fourth-order valence-electron chi connectivity index (χ4n) is 2.62. The van der Waals surface area contributed by atoms with Gasteiger partial charge in [-0.1, -0.05) is 18.2 Å². The van der Waals surface area contributed by atoms with Gasteiger partial charge in [0, 0.05) is 13.1 Å². The van der Waals surface area contributed by atoms with Crippen LogP contribution in [0.5, 0.6) is 11.5 Å². The average Bonchev–Trinajstić information content (AvgIpc) is 2.70. The third-order valence-corrected chi connectivity index (χ3v) is 5.35. The Bertz CT molecular complexity index is 1070. The normalized spacial score (nSPS) is 11.3. The van der Waals surface area contributed by atoms with E-state index in [1.54, 1.807) is 30.3 Å². The molecule has 5 nitrogen and oxygen atoms in total. The summed E-state index contributed by atoms with van der Waals surface area (Å²) in [4.78, 5) is -0.166. The molecule has 29 heavy (non-hydrogen) atoms. The standard InChI is InChI=1S/C21H19F2NO4S/c1-27-20-11-4-16(14-24-13-15-2-5-17(22)6-3-15)12-21(20)28-29(25,26)19-9-7-18(23)8-10-19/h2-12,24H,13-14H2,1H3. The van der Waals surface area contributed by atoms with Crippen LogP contribution in [-0.2, 0) is 23.2 Å². The third-order valence-electron chi connectivity index (χ3n) is 4.10. The molecular weight excluding hydrogens is 400 g/mol. The number of benzene rings is 3. The van der Waals surface area contributed by atoms with Crippen molar-refractivity contribution in [3.05, 3.63) is 89.5 Å². The zero-order valence-electron chi connectivity index (χ0n) is 15.6. The number of methoxy groups -OCH3 is 1. The summed E-state index contributed by atoms with van der Waals surface area (Å²) < 4.78 is 61.4. The Balaban J connectivity index is 1.72. The van der Waals surface area contributed by atoms with Crippen LogP contribution in [0.4, 0.5) is 8.78 Å². The van der Waals surface area contributed by atoms with Crippen molar-refractivity contribution in [3.63, 3.8) is 0 Å². The molecule has 8 heteroatoms. The van der Waals surface area contributed by atoms with Gasteiger partial charge in [0.15, 0.2) is 11.5 Å². The van der Waals surface area contributed by atoms with Gasteiger partial charge in [-0.15, -0.1) is 0 Å². The van der Waals surface area contributed by atoms with Gasteiger partial charge in [-0.3, -0.25) is 0 Å². The number of rotatable bonds is 8. The summed E-state index contributed by atoms with van der Waals surface area (Å²) in [6.45, 7) is 0.935. The summed E-state index contributed by atoms with van der Waals surface area (Å²) in [5.41, 5.74) is 1.67. The Kier molecular flexibility index (Phi) is 6.46. The summed E-state index contributed by atoms with van der Waals surface area (Å²) in [5.74, 6) is -0.570. The largest absolute Gasteiger partial charge is 0.493 e. The van der Waals surface area contributed by atoms with Crippen molar-refractivity contribution in [3.8, 4) is 11.5 Å². The second-order valence-corrected chi connectivity index (χ2v) is 7.75. The van der Waals surface area contributed by atoms with Crippen LogP contribution >= 0.6 is 0 Å². The highest BCUT2D eigenvalue weighted by Crippen LogP contribution is 2.31. The zero-order chi connectivity index (χ0) is 20.9. The second-order valence-electron chi connectivity index (χ2n) is 6.21. The molecule has 0 amide bonds. The summed E-state index contributed by atoms with van der Waals surface area (Å²) >= 11 is 0. The van der Waals surface area contributed by atoms with Gasteiger partial charge in [0.1, 0.15) is 16.5 Å². The van der Waals surface area contributed by atoms with Gasteiger partial charge in [0.25, 0.3) is 0 Å². The van der Waals surface area contributed by atoms with E-state index < -0.39 is 15.9 Å². The van der Waals surface area contributed by atoms with E-state index in [4.69, 9.17) is 8.92 Å². The Morgan fingerprint density at radius 2 is 1.34 bits per heavy atom. The van der Waals surface area contributed by atoms with Crippen LogP contribution in [0.1, 0.15) is 11.1 Å². The summed E-state index contributed by atoms with van der Waals surface area (Å²) in [5, 5.41) is 3.19. The van der Waals surface area contributed by atoms with E-state index in [2.05, 4.69) is 5.32 Å². The maximum Gasteiger partial charge on any atom is 0.339 e. The van der Waals surface area contributed by atoms with Gasteiger partial charge in [-0.2, -0.15) is 8.42 Å². The molecule has 0 saturated heterocycles. The fourth-order valence-corrected chi connectivity index (χ4v) is 3.55. The molecule has 0 fully saturated rings. The monoisotopic (exact) mass is 419 g/mol. The first-order valence-electron chi connectivity index (χ1n) is 8.69.